The van der Waals surface area contributed by atoms with Crippen LogP contribution in [0.25, 0.3) is 21.5 Å². The summed E-state index contributed by atoms with van der Waals surface area (Å²) in [5, 5.41) is 4.77. The summed E-state index contributed by atoms with van der Waals surface area (Å²) in [6.45, 7) is 4.09. The Morgan fingerprint density at radius 3 is 1.50 bits per heavy atom. The summed E-state index contributed by atoms with van der Waals surface area (Å²) in [6, 6.07) is 43.7. The largest absolute Gasteiger partial charge is 0.399 e. The van der Waals surface area contributed by atoms with E-state index in [0.717, 1.165) is 28.1 Å². The summed E-state index contributed by atoms with van der Waals surface area (Å²) in [5.41, 5.74) is 28.1. The van der Waals surface area contributed by atoms with Gasteiger partial charge in [-0.05, 0) is 83.6 Å². The molecule has 0 aliphatic carbocycles. The van der Waals surface area contributed by atoms with Gasteiger partial charge < -0.3 is 22.9 Å². The molecule has 192 valence electrons. The Kier molecular flexibility index (Phi) is 10.1. The predicted molar refractivity (Wildman–Crippen MR) is 168 cm³/mol. The molecular weight excluding hydrogens is 464 g/mol. The minimum atomic E-state index is 0.822. The number of nitrogen functional groups attached to an aromatic ring is 4. The zero-order chi connectivity index (χ0) is 27.3. The van der Waals surface area contributed by atoms with Gasteiger partial charge in [0.2, 0.25) is 0 Å². The number of para-hydroxylation sites is 1. The van der Waals surface area contributed by atoms with Gasteiger partial charge in [-0.2, -0.15) is 0 Å². The van der Waals surface area contributed by atoms with Gasteiger partial charge in [-0.1, -0.05) is 91.0 Å². The first-order valence-corrected chi connectivity index (χ1v) is 12.4. The third-order valence-electron chi connectivity index (χ3n) is 5.64. The fraction of sp³-hybridized carbons (Fsp3) is 0.0588. The van der Waals surface area contributed by atoms with Crippen LogP contribution in [-0.4, -0.2) is 0 Å². The Morgan fingerprint density at radius 1 is 0.368 bits per heavy atom. The minimum Gasteiger partial charge on any atom is -0.399 e. The molecular formula is C34H36N4. The van der Waals surface area contributed by atoms with Crippen molar-refractivity contribution in [1.82, 2.24) is 0 Å². The van der Waals surface area contributed by atoms with Crippen LogP contribution in [0.5, 0.6) is 0 Å². The van der Waals surface area contributed by atoms with E-state index in [9.17, 15) is 0 Å². The Balaban J connectivity index is 0.000000143. The van der Waals surface area contributed by atoms with Crippen LogP contribution in [0, 0.1) is 13.8 Å². The van der Waals surface area contributed by atoms with Gasteiger partial charge in [0.1, 0.15) is 0 Å². The smallest absolute Gasteiger partial charge is 0.0393 e. The van der Waals surface area contributed by atoms with Crippen LogP contribution in [0.3, 0.4) is 0 Å². The van der Waals surface area contributed by atoms with E-state index in [1.54, 1.807) is 0 Å². The molecule has 0 aliphatic heterocycles. The van der Waals surface area contributed by atoms with Crippen molar-refractivity contribution < 1.29 is 0 Å². The van der Waals surface area contributed by atoms with E-state index in [1.807, 2.05) is 117 Å². The lowest BCUT2D eigenvalue weighted by Crippen LogP contribution is -1.86. The highest BCUT2D eigenvalue weighted by atomic mass is 14.6. The van der Waals surface area contributed by atoms with Gasteiger partial charge in [-0.25, -0.2) is 0 Å². The summed E-state index contributed by atoms with van der Waals surface area (Å²) in [5.74, 6) is 0. The van der Waals surface area contributed by atoms with Crippen molar-refractivity contribution >= 4 is 44.3 Å². The van der Waals surface area contributed by atoms with Gasteiger partial charge in [-0.15, -0.1) is 0 Å². The topological polar surface area (TPSA) is 104 Å². The van der Waals surface area contributed by atoms with Gasteiger partial charge in [0.05, 0.1) is 0 Å². The first-order valence-electron chi connectivity index (χ1n) is 12.4. The molecule has 0 saturated heterocycles. The maximum absolute atomic E-state index is 5.76. The normalized spacial score (nSPS) is 9.74. The lowest BCUT2D eigenvalue weighted by atomic mass is 10.1. The summed E-state index contributed by atoms with van der Waals surface area (Å²) >= 11 is 0. The number of hydrogen-bond donors (Lipinski definition) is 4. The lowest BCUT2D eigenvalue weighted by Gasteiger charge is -1.98. The SMILES string of the molecule is Cc1cc(C)cc(N)c1.Nc1ccc2ccccc2c1.Nc1cccc2ccccc12.Nc1ccccc1. The van der Waals surface area contributed by atoms with E-state index < -0.39 is 0 Å². The quantitative estimate of drug-likeness (QED) is 0.159. The van der Waals surface area contributed by atoms with Crippen molar-refractivity contribution in [3.05, 3.63) is 145 Å². The molecule has 0 heterocycles. The van der Waals surface area contributed by atoms with Crippen LogP contribution in [0.1, 0.15) is 11.1 Å². The molecule has 0 fully saturated rings. The molecule has 6 rings (SSSR count). The van der Waals surface area contributed by atoms with Crippen LogP contribution in [0.15, 0.2) is 133 Å². The van der Waals surface area contributed by atoms with Crippen LogP contribution < -0.4 is 22.9 Å². The molecule has 4 heteroatoms. The highest BCUT2D eigenvalue weighted by molar-refractivity contribution is 5.92. The van der Waals surface area contributed by atoms with Gasteiger partial charge in [0.25, 0.3) is 0 Å². The first kappa shape index (κ1) is 27.6. The Hall–Kier alpha value is -4.96. The van der Waals surface area contributed by atoms with E-state index in [4.69, 9.17) is 22.9 Å². The molecule has 6 aromatic carbocycles. The van der Waals surface area contributed by atoms with Crippen molar-refractivity contribution in [3.63, 3.8) is 0 Å². The zero-order valence-corrected chi connectivity index (χ0v) is 22.0. The number of nitrogens with two attached hydrogens (primary N) is 4. The molecule has 0 bridgehead atoms. The van der Waals surface area contributed by atoms with Gasteiger partial charge in [-0.3, -0.25) is 0 Å². The number of rotatable bonds is 0. The fourth-order valence-electron chi connectivity index (χ4n) is 3.92. The minimum absolute atomic E-state index is 0.822. The second-order valence-corrected chi connectivity index (χ2v) is 9.01. The molecule has 6 aromatic rings. The Bertz CT molecular complexity index is 1510. The van der Waals surface area contributed by atoms with E-state index in [0.29, 0.717) is 0 Å². The van der Waals surface area contributed by atoms with E-state index in [1.165, 1.54) is 27.3 Å². The number of aryl methyl sites for hydroxylation is 2. The van der Waals surface area contributed by atoms with E-state index in [2.05, 4.69) is 30.3 Å². The standard InChI is InChI=1S/2C10H9N.C8H11N.C6H7N/c11-10-7-3-5-8-4-1-2-6-9(8)10;11-10-6-5-8-3-1-2-4-9(8)7-10;1-6-3-7(2)5-8(9)4-6;7-6-4-2-1-3-5-6/h2*1-7H,11H2;3-5H,9H2,1-2H3;1-5H,7H2. The molecule has 0 amide bonds. The molecule has 0 aliphatic rings. The van der Waals surface area contributed by atoms with E-state index >= 15 is 0 Å². The maximum Gasteiger partial charge on any atom is 0.0393 e. The molecule has 0 atom stereocenters. The molecule has 0 unspecified atom stereocenters. The summed E-state index contributed by atoms with van der Waals surface area (Å²) in [6.07, 6.45) is 0. The molecule has 0 saturated carbocycles. The fourth-order valence-corrected chi connectivity index (χ4v) is 3.92. The average Bonchev–Trinajstić information content (AvgIpc) is 2.90. The first-order chi connectivity index (χ1) is 18.3. The summed E-state index contributed by atoms with van der Waals surface area (Å²) in [7, 11) is 0. The molecule has 8 N–H and O–H groups in total. The van der Waals surface area contributed by atoms with Crippen LogP contribution in [0.4, 0.5) is 22.7 Å². The average molecular weight is 501 g/mol. The molecule has 4 nitrogen and oxygen atoms in total. The zero-order valence-electron chi connectivity index (χ0n) is 22.0. The highest BCUT2D eigenvalue weighted by Crippen LogP contribution is 2.19. The van der Waals surface area contributed by atoms with Gasteiger partial charge in [0.15, 0.2) is 0 Å². The third kappa shape index (κ3) is 8.92. The second kappa shape index (κ2) is 14.0. The van der Waals surface area contributed by atoms with Crippen molar-refractivity contribution in [2.24, 2.45) is 0 Å². The number of fused-ring (bicyclic) bond motifs is 2. The number of benzene rings is 6. The van der Waals surface area contributed by atoms with Gasteiger partial charge in [0, 0.05) is 28.1 Å². The molecule has 0 spiro atoms. The number of anilines is 4. The molecule has 38 heavy (non-hydrogen) atoms. The van der Waals surface area contributed by atoms with Crippen molar-refractivity contribution in [2.45, 2.75) is 13.8 Å². The lowest BCUT2D eigenvalue weighted by molar-refractivity contribution is 1.39. The molecule has 0 radical (unpaired) electrons. The summed E-state index contributed by atoms with van der Waals surface area (Å²) < 4.78 is 0. The maximum atomic E-state index is 5.76. The highest BCUT2D eigenvalue weighted by Gasteiger charge is 1.93. The molecule has 0 aromatic heterocycles. The van der Waals surface area contributed by atoms with Crippen molar-refractivity contribution in [1.29, 1.82) is 0 Å². The van der Waals surface area contributed by atoms with Gasteiger partial charge >= 0.3 is 0 Å². The van der Waals surface area contributed by atoms with Crippen molar-refractivity contribution in [3.8, 4) is 0 Å². The second-order valence-electron chi connectivity index (χ2n) is 9.01. The van der Waals surface area contributed by atoms with E-state index in [-0.39, 0.29) is 0 Å². The summed E-state index contributed by atoms with van der Waals surface area (Å²) in [4.78, 5) is 0. The van der Waals surface area contributed by atoms with Crippen LogP contribution in [0.2, 0.25) is 0 Å². The Labute approximate surface area is 225 Å². The monoisotopic (exact) mass is 500 g/mol. The van der Waals surface area contributed by atoms with Crippen LogP contribution in [-0.2, 0) is 0 Å². The van der Waals surface area contributed by atoms with Crippen LogP contribution >= 0.6 is 0 Å². The third-order valence-corrected chi connectivity index (χ3v) is 5.64. The predicted octanol–water partition coefficient (Wildman–Crippen LogP) is 8.00. The number of hydrogen-bond acceptors (Lipinski definition) is 4. The Morgan fingerprint density at radius 2 is 0.921 bits per heavy atom. The van der Waals surface area contributed by atoms with Crippen molar-refractivity contribution in [2.75, 3.05) is 22.9 Å².